The van der Waals surface area contributed by atoms with Gasteiger partial charge in [-0.15, -0.1) is 0 Å². The van der Waals surface area contributed by atoms with Crippen molar-refractivity contribution in [1.82, 2.24) is 5.32 Å². The van der Waals surface area contributed by atoms with Gasteiger partial charge in [-0.3, -0.25) is 0 Å². The van der Waals surface area contributed by atoms with Crippen molar-refractivity contribution in [3.8, 4) is 0 Å². The number of benzene rings is 1. The highest BCUT2D eigenvalue weighted by Gasteiger charge is 2.39. The van der Waals surface area contributed by atoms with Crippen LogP contribution in [0.5, 0.6) is 0 Å². The molecule has 1 atom stereocenters. The van der Waals surface area contributed by atoms with Crippen LogP contribution in [0, 0.1) is 5.92 Å². The summed E-state index contributed by atoms with van der Waals surface area (Å²) in [6.45, 7) is 5.08. The molecule has 0 radical (unpaired) electrons. The number of hydrogen-bond donors (Lipinski definition) is 1. The Morgan fingerprint density at radius 2 is 1.90 bits per heavy atom. The van der Waals surface area contributed by atoms with E-state index in [-0.39, 0.29) is 5.54 Å². The predicted molar refractivity (Wildman–Crippen MR) is 74.6 cm³/mol. The van der Waals surface area contributed by atoms with Crippen molar-refractivity contribution in [2.75, 3.05) is 6.54 Å². The Kier molecular flexibility index (Phi) is 4.43. The van der Waals surface area contributed by atoms with Crippen molar-refractivity contribution >= 4 is 0 Å². The molecule has 0 bridgehead atoms. The van der Waals surface area contributed by atoms with Crippen LogP contribution in [-0.4, -0.2) is 12.1 Å². The predicted octanol–water partition coefficient (Wildman–Crippen LogP) is 4.42. The van der Waals surface area contributed by atoms with Gasteiger partial charge in [0, 0.05) is 5.54 Å². The molecule has 112 valence electrons. The van der Waals surface area contributed by atoms with Crippen LogP contribution in [0.4, 0.5) is 13.2 Å². The van der Waals surface area contributed by atoms with E-state index >= 15 is 0 Å². The Bertz CT molecular complexity index is 445. The summed E-state index contributed by atoms with van der Waals surface area (Å²) in [6.07, 6.45) is -0.699. The first-order valence-electron chi connectivity index (χ1n) is 7.25. The molecule has 1 saturated heterocycles. The highest BCUT2D eigenvalue weighted by molar-refractivity contribution is 5.31. The summed E-state index contributed by atoms with van der Waals surface area (Å²) < 4.78 is 39.3. The number of nitrogens with one attached hydrogen (secondary N) is 1. The molecular weight excluding hydrogens is 263 g/mol. The summed E-state index contributed by atoms with van der Waals surface area (Å²) in [4.78, 5) is 0. The van der Waals surface area contributed by atoms with E-state index in [1.54, 1.807) is 12.1 Å². The zero-order chi connectivity index (χ0) is 14.8. The van der Waals surface area contributed by atoms with Crippen molar-refractivity contribution in [1.29, 1.82) is 0 Å². The minimum Gasteiger partial charge on any atom is -0.311 e. The molecule has 0 saturated carbocycles. The zero-order valence-electron chi connectivity index (χ0n) is 12.1. The van der Waals surface area contributed by atoms with Gasteiger partial charge in [0.05, 0.1) is 5.56 Å². The molecule has 1 aliphatic rings. The maximum absolute atomic E-state index is 13.1. The normalized spacial score (nSPS) is 24.1. The minimum absolute atomic E-state index is 0.209. The average Bonchev–Trinajstić information content (AvgIpc) is 2.39. The second-order valence-electron chi connectivity index (χ2n) is 6.03. The van der Waals surface area contributed by atoms with Crippen LogP contribution in [0.15, 0.2) is 24.3 Å². The zero-order valence-corrected chi connectivity index (χ0v) is 12.1. The first-order chi connectivity index (χ1) is 9.35. The van der Waals surface area contributed by atoms with Gasteiger partial charge in [0.15, 0.2) is 0 Å². The van der Waals surface area contributed by atoms with Gasteiger partial charge in [-0.2, -0.15) is 13.2 Å². The molecule has 2 rings (SSSR count). The van der Waals surface area contributed by atoms with Crippen molar-refractivity contribution in [2.24, 2.45) is 5.92 Å². The van der Waals surface area contributed by atoms with Gasteiger partial charge < -0.3 is 5.32 Å². The molecule has 1 nitrogen and oxygen atoms in total. The highest BCUT2D eigenvalue weighted by atomic mass is 19.4. The van der Waals surface area contributed by atoms with E-state index in [1.807, 2.05) is 0 Å². The summed E-state index contributed by atoms with van der Waals surface area (Å²) >= 11 is 0. The van der Waals surface area contributed by atoms with E-state index in [2.05, 4.69) is 19.2 Å². The van der Waals surface area contributed by atoms with Crippen molar-refractivity contribution in [3.63, 3.8) is 0 Å². The highest BCUT2D eigenvalue weighted by Crippen LogP contribution is 2.37. The van der Waals surface area contributed by atoms with Crippen LogP contribution in [0.2, 0.25) is 0 Å². The maximum Gasteiger partial charge on any atom is 0.416 e. The lowest BCUT2D eigenvalue weighted by molar-refractivity contribution is -0.138. The quantitative estimate of drug-likeness (QED) is 0.867. The van der Waals surface area contributed by atoms with E-state index in [4.69, 9.17) is 0 Å². The monoisotopic (exact) mass is 285 g/mol. The second kappa shape index (κ2) is 5.76. The molecule has 1 fully saturated rings. The molecule has 1 heterocycles. The first kappa shape index (κ1) is 15.4. The largest absolute Gasteiger partial charge is 0.416 e. The third-order valence-electron chi connectivity index (χ3n) is 4.46. The van der Waals surface area contributed by atoms with E-state index in [1.165, 1.54) is 12.1 Å². The molecule has 0 spiro atoms. The smallest absolute Gasteiger partial charge is 0.311 e. The number of halogens is 3. The fourth-order valence-corrected chi connectivity index (χ4v) is 3.13. The molecule has 1 aromatic rings. The lowest BCUT2D eigenvalue weighted by Gasteiger charge is -2.42. The molecule has 1 aliphatic heterocycles. The average molecular weight is 285 g/mol. The van der Waals surface area contributed by atoms with Crippen LogP contribution in [0.25, 0.3) is 0 Å². The number of alkyl halides is 3. The maximum atomic E-state index is 13.1. The van der Waals surface area contributed by atoms with Gasteiger partial charge in [0.1, 0.15) is 0 Å². The third-order valence-corrected chi connectivity index (χ3v) is 4.46. The summed E-state index contributed by atoms with van der Waals surface area (Å²) in [5, 5.41) is 3.49. The standard InChI is InChI=1S/C16H22F3N/c1-12(2)15(9-5-6-10-20-15)11-13-7-3-4-8-14(13)16(17,18)19/h3-4,7-8,12,20H,5-6,9-11H2,1-2H3. The van der Waals surface area contributed by atoms with E-state index in [0.717, 1.165) is 25.8 Å². The Balaban J connectivity index is 2.32. The van der Waals surface area contributed by atoms with E-state index < -0.39 is 11.7 Å². The minimum atomic E-state index is -4.27. The van der Waals surface area contributed by atoms with Gasteiger partial charge in [0.2, 0.25) is 0 Å². The van der Waals surface area contributed by atoms with Crippen molar-refractivity contribution < 1.29 is 13.2 Å². The van der Waals surface area contributed by atoms with Gasteiger partial charge in [-0.05, 0) is 43.4 Å². The van der Waals surface area contributed by atoms with E-state index in [0.29, 0.717) is 17.9 Å². The SMILES string of the molecule is CC(C)C1(Cc2ccccc2C(F)(F)F)CCCCN1. The third kappa shape index (κ3) is 3.17. The molecule has 1 aromatic carbocycles. The summed E-state index contributed by atoms with van der Waals surface area (Å²) in [7, 11) is 0. The molecule has 1 unspecified atom stereocenters. The number of hydrogen-bond acceptors (Lipinski definition) is 1. The van der Waals surface area contributed by atoms with Crippen molar-refractivity contribution in [3.05, 3.63) is 35.4 Å². The van der Waals surface area contributed by atoms with Crippen LogP contribution in [0.1, 0.15) is 44.2 Å². The van der Waals surface area contributed by atoms with Gasteiger partial charge in [-0.1, -0.05) is 38.5 Å². The Morgan fingerprint density at radius 3 is 2.45 bits per heavy atom. The molecule has 20 heavy (non-hydrogen) atoms. The summed E-state index contributed by atoms with van der Waals surface area (Å²) in [5.74, 6) is 0.309. The second-order valence-corrected chi connectivity index (χ2v) is 6.03. The van der Waals surface area contributed by atoms with Gasteiger partial charge in [-0.25, -0.2) is 0 Å². The van der Waals surface area contributed by atoms with Crippen LogP contribution < -0.4 is 5.32 Å². The number of piperidine rings is 1. The van der Waals surface area contributed by atoms with Crippen LogP contribution >= 0.6 is 0 Å². The Morgan fingerprint density at radius 1 is 1.20 bits per heavy atom. The molecule has 4 heteroatoms. The molecule has 0 aromatic heterocycles. The fourth-order valence-electron chi connectivity index (χ4n) is 3.13. The summed E-state index contributed by atoms with van der Waals surface area (Å²) in [5.41, 5.74) is -0.296. The topological polar surface area (TPSA) is 12.0 Å². The van der Waals surface area contributed by atoms with Crippen molar-refractivity contribution in [2.45, 2.75) is 51.2 Å². The fraction of sp³-hybridized carbons (Fsp3) is 0.625. The Labute approximate surface area is 118 Å². The molecule has 0 aliphatic carbocycles. The van der Waals surface area contributed by atoms with Crippen LogP contribution in [0.3, 0.4) is 0 Å². The summed E-state index contributed by atoms with van der Waals surface area (Å²) in [6, 6.07) is 5.96. The Hall–Kier alpha value is -1.03. The molecule has 0 amide bonds. The van der Waals surface area contributed by atoms with Gasteiger partial charge >= 0.3 is 6.18 Å². The lowest BCUT2D eigenvalue weighted by Crippen LogP contribution is -2.54. The molecule has 1 N–H and O–H groups in total. The first-order valence-corrected chi connectivity index (χ1v) is 7.25. The van der Waals surface area contributed by atoms with Gasteiger partial charge in [0.25, 0.3) is 0 Å². The van der Waals surface area contributed by atoms with Crippen LogP contribution in [-0.2, 0) is 12.6 Å². The number of rotatable bonds is 3. The lowest BCUT2D eigenvalue weighted by atomic mass is 9.74. The van der Waals surface area contributed by atoms with E-state index in [9.17, 15) is 13.2 Å². The molecular formula is C16H22F3N.